The van der Waals surface area contributed by atoms with Crippen LogP contribution in [0.3, 0.4) is 0 Å². The molecule has 0 atom stereocenters. The minimum Gasteiger partial charge on any atom is -0.352 e. The molecular weight excluding hydrogens is 360 g/mol. The summed E-state index contributed by atoms with van der Waals surface area (Å²) in [6.07, 6.45) is 10.1. The lowest BCUT2D eigenvalue weighted by Crippen LogP contribution is -2.33. The second-order valence-electron chi connectivity index (χ2n) is 8.01. The number of carbonyl (C=O) groups excluding carboxylic acids is 1. The van der Waals surface area contributed by atoms with Crippen molar-refractivity contribution in [1.82, 2.24) is 9.62 Å². The first-order valence-electron chi connectivity index (χ1n) is 10.4. The highest BCUT2D eigenvalue weighted by atomic mass is 32.2. The number of nitrogens with zero attached hydrogens (tertiary/aromatic N) is 1. The SMILES string of the molecule is Cc1ccc(S(=O)(=O)N2CCCCCC2)cc1C(=O)NCC1CCCCC1. The number of aryl methyl sites for hydroxylation is 1. The molecule has 1 aliphatic heterocycles. The van der Waals surface area contributed by atoms with Crippen LogP contribution in [0.15, 0.2) is 23.1 Å². The van der Waals surface area contributed by atoms with Gasteiger partial charge >= 0.3 is 0 Å². The van der Waals surface area contributed by atoms with Gasteiger partial charge in [0.2, 0.25) is 10.0 Å². The van der Waals surface area contributed by atoms with Gasteiger partial charge in [0.15, 0.2) is 0 Å². The molecule has 1 heterocycles. The number of nitrogens with one attached hydrogen (secondary N) is 1. The molecule has 0 aromatic heterocycles. The van der Waals surface area contributed by atoms with Crippen LogP contribution < -0.4 is 5.32 Å². The number of benzene rings is 1. The molecule has 3 rings (SSSR count). The zero-order valence-corrected chi connectivity index (χ0v) is 17.2. The van der Waals surface area contributed by atoms with Gasteiger partial charge < -0.3 is 5.32 Å². The molecule has 6 heteroatoms. The van der Waals surface area contributed by atoms with Crippen molar-refractivity contribution in [3.05, 3.63) is 29.3 Å². The van der Waals surface area contributed by atoms with Crippen LogP contribution in [0.25, 0.3) is 0 Å². The first-order valence-corrected chi connectivity index (χ1v) is 11.8. The zero-order chi connectivity index (χ0) is 19.3. The molecule has 5 nitrogen and oxygen atoms in total. The van der Waals surface area contributed by atoms with Crippen LogP contribution in [-0.2, 0) is 10.0 Å². The fraction of sp³-hybridized carbons (Fsp3) is 0.667. The van der Waals surface area contributed by atoms with Crippen LogP contribution >= 0.6 is 0 Å². The Morgan fingerprint density at radius 2 is 1.67 bits per heavy atom. The molecule has 150 valence electrons. The maximum Gasteiger partial charge on any atom is 0.251 e. The van der Waals surface area contributed by atoms with Gasteiger partial charge in [0.25, 0.3) is 5.91 Å². The molecule has 1 N–H and O–H groups in total. The minimum absolute atomic E-state index is 0.161. The summed E-state index contributed by atoms with van der Waals surface area (Å²) in [6, 6.07) is 4.94. The highest BCUT2D eigenvalue weighted by Crippen LogP contribution is 2.24. The Bertz CT molecular complexity index is 747. The molecule has 0 bridgehead atoms. The lowest BCUT2D eigenvalue weighted by atomic mass is 9.89. The first kappa shape index (κ1) is 20.3. The molecule has 1 amide bonds. The van der Waals surface area contributed by atoms with E-state index in [0.717, 1.165) is 31.2 Å². The topological polar surface area (TPSA) is 66.5 Å². The molecule has 1 saturated carbocycles. The van der Waals surface area contributed by atoms with Crippen molar-refractivity contribution in [2.75, 3.05) is 19.6 Å². The summed E-state index contributed by atoms with van der Waals surface area (Å²) < 4.78 is 27.6. The fourth-order valence-electron chi connectivity index (χ4n) is 4.16. The monoisotopic (exact) mass is 392 g/mol. The van der Waals surface area contributed by atoms with Gasteiger partial charge in [-0.25, -0.2) is 8.42 Å². The Morgan fingerprint density at radius 1 is 1.04 bits per heavy atom. The molecule has 0 radical (unpaired) electrons. The third-order valence-corrected chi connectivity index (χ3v) is 7.83. The van der Waals surface area contributed by atoms with Gasteiger partial charge in [-0.3, -0.25) is 4.79 Å². The molecule has 27 heavy (non-hydrogen) atoms. The zero-order valence-electron chi connectivity index (χ0n) is 16.4. The normalized spacial score (nSPS) is 20.2. The summed E-state index contributed by atoms with van der Waals surface area (Å²) in [6.45, 7) is 3.68. The second-order valence-corrected chi connectivity index (χ2v) is 9.95. The minimum atomic E-state index is -3.54. The van der Waals surface area contributed by atoms with Crippen LogP contribution in [0.2, 0.25) is 0 Å². The molecular formula is C21H32N2O3S. The predicted octanol–water partition coefficient (Wildman–Crippen LogP) is 3.87. The van der Waals surface area contributed by atoms with Crippen LogP contribution in [0.4, 0.5) is 0 Å². The lowest BCUT2D eigenvalue weighted by Gasteiger charge is -2.22. The second kappa shape index (κ2) is 9.20. The number of hydrogen-bond donors (Lipinski definition) is 1. The third kappa shape index (κ3) is 5.11. The average Bonchev–Trinajstić information content (AvgIpc) is 2.97. The summed E-state index contributed by atoms with van der Waals surface area (Å²) in [4.78, 5) is 12.9. The van der Waals surface area contributed by atoms with Gasteiger partial charge in [-0.1, -0.05) is 38.2 Å². The van der Waals surface area contributed by atoms with E-state index in [2.05, 4.69) is 5.32 Å². The quantitative estimate of drug-likeness (QED) is 0.827. The smallest absolute Gasteiger partial charge is 0.251 e. The number of carbonyl (C=O) groups is 1. The Balaban J connectivity index is 1.73. The van der Waals surface area contributed by atoms with Crippen molar-refractivity contribution in [3.8, 4) is 0 Å². The Hall–Kier alpha value is -1.40. The van der Waals surface area contributed by atoms with Gasteiger partial charge in [0.1, 0.15) is 0 Å². The maximum atomic E-state index is 13.0. The highest BCUT2D eigenvalue weighted by molar-refractivity contribution is 7.89. The number of rotatable bonds is 5. The summed E-state index contributed by atoms with van der Waals surface area (Å²) in [7, 11) is -3.54. The van der Waals surface area contributed by atoms with E-state index >= 15 is 0 Å². The Morgan fingerprint density at radius 3 is 2.33 bits per heavy atom. The van der Waals surface area contributed by atoms with Crippen LogP contribution in [-0.4, -0.2) is 38.3 Å². The van der Waals surface area contributed by atoms with Crippen molar-refractivity contribution in [3.63, 3.8) is 0 Å². The Kier molecular flexibility index (Phi) is 6.93. The summed E-state index contributed by atoms with van der Waals surface area (Å²) in [5.74, 6) is 0.387. The summed E-state index contributed by atoms with van der Waals surface area (Å²) in [5.41, 5.74) is 1.28. The van der Waals surface area contributed by atoms with Crippen molar-refractivity contribution in [1.29, 1.82) is 0 Å². The molecule has 1 aromatic carbocycles. The molecule has 0 unspecified atom stereocenters. The molecule has 1 aromatic rings. The van der Waals surface area contributed by atoms with Gasteiger partial charge in [-0.2, -0.15) is 4.31 Å². The summed E-state index contributed by atoms with van der Waals surface area (Å²) >= 11 is 0. The largest absolute Gasteiger partial charge is 0.352 e. The van der Waals surface area contributed by atoms with E-state index in [9.17, 15) is 13.2 Å². The first-order chi connectivity index (χ1) is 13.0. The number of hydrogen-bond acceptors (Lipinski definition) is 3. The maximum absolute atomic E-state index is 13.0. The number of amides is 1. The molecule has 1 aliphatic carbocycles. The van der Waals surface area contributed by atoms with E-state index < -0.39 is 10.0 Å². The van der Waals surface area contributed by atoms with E-state index in [1.54, 1.807) is 22.5 Å². The Labute approximate surface area is 163 Å². The summed E-state index contributed by atoms with van der Waals surface area (Å²) in [5, 5.41) is 3.03. The van der Waals surface area contributed by atoms with E-state index in [1.807, 2.05) is 6.92 Å². The van der Waals surface area contributed by atoms with Crippen molar-refractivity contribution >= 4 is 15.9 Å². The average molecular weight is 393 g/mol. The standard InChI is InChI=1S/C21H32N2O3S/c1-17-11-12-19(27(25,26)23-13-7-2-3-8-14-23)15-20(17)21(24)22-16-18-9-5-4-6-10-18/h11-12,15,18H,2-10,13-14,16H2,1H3,(H,22,24). The predicted molar refractivity (Wildman–Crippen MR) is 107 cm³/mol. The van der Waals surface area contributed by atoms with Crippen LogP contribution in [0.5, 0.6) is 0 Å². The fourth-order valence-corrected chi connectivity index (χ4v) is 5.70. The van der Waals surface area contributed by atoms with E-state index in [1.165, 1.54) is 32.1 Å². The van der Waals surface area contributed by atoms with Gasteiger partial charge in [0.05, 0.1) is 4.90 Å². The van der Waals surface area contributed by atoms with Gasteiger partial charge in [-0.15, -0.1) is 0 Å². The number of sulfonamides is 1. The van der Waals surface area contributed by atoms with E-state index in [0.29, 0.717) is 31.1 Å². The van der Waals surface area contributed by atoms with Gasteiger partial charge in [0, 0.05) is 25.2 Å². The van der Waals surface area contributed by atoms with Crippen molar-refractivity contribution in [2.24, 2.45) is 5.92 Å². The van der Waals surface area contributed by atoms with Crippen molar-refractivity contribution in [2.45, 2.75) is 69.6 Å². The lowest BCUT2D eigenvalue weighted by molar-refractivity contribution is 0.0942. The molecule has 1 saturated heterocycles. The molecule has 0 spiro atoms. The highest BCUT2D eigenvalue weighted by Gasteiger charge is 2.26. The van der Waals surface area contributed by atoms with Crippen LogP contribution in [0, 0.1) is 12.8 Å². The van der Waals surface area contributed by atoms with E-state index in [-0.39, 0.29) is 10.8 Å². The van der Waals surface area contributed by atoms with Crippen molar-refractivity contribution < 1.29 is 13.2 Å². The van der Waals surface area contributed by atoms with Gasteiger partial charge in [-0.05, 0) is 56.2 Å². The molecule has 2 aliphatic rings. The van der Waals surface area contributed by atoms with Crippen LogP contribution in [0.1, 0.15) is 73.7 Å². The molecule has 2 fully saturated rings. The third-order valence-electron chi connectivity index (χ3n) is 5.93. The van der Waals surface area contributed by atoms with E-state index in [4.69, 9.17) is 0 Å².